The molecule has 2 saturated heterocycles. The summed E-state index contributed by atoms with van der Waals surface area (Å²) in [4.78, 5) is 17.0. The van der Waals surface area contributed by atoms with Crippen molar-refractivity contribution in [1.82, 2.24) is 19.3 Å². The van der Waals surface area contributed by atoms with Gasteiger partial charge in [-0.2, -0.15) is 0 Å². The molecule has 10 heteroatoms. The van der Waals surface area contributed by atoms with E-state index in [-0.39, 0.29) is 24.2 Å². The summed E-state index contributed by atoms with van der Waals surface area (Å²) in [6, 6.07) is 0. The van der Waals surface area contributed by atoms with Gasteiger partial charge in [-0.25, -0.2) is 12.7 Å². The van der Waals surface area contributed by atoms with Gasteiger partial charge in [-0.3, -0.25) is 9.69 Å². The summed E-state index contributed by atoms with van der Waals surface area (Å²) in [6.45, 7) is 8.67. The minimum Gasteiger partial charge on any atom is -0.361 e. The van der Waals surface area contributed by atoms with E-state index in [4.69, 9.17) is 4.52 Å². The number of aryl methyl sites for hydroxylation is 2. The van der Waals surface area contributed by atoms with Crippen molar-refractivity contribution in [3.05, 3.63) is 17.0 Å². The van der Waals surface area contributed by atoms with Gasteiger partial charge in [-0.05, 0) is 26.7 Å². The Bertz CT molecular complexity index is 731. The third kappa shape index (κ3) is 5.22. The topological polar surface area (TPSA) is 87.0 Å². The van der Waals surface area contributed by atoms with Crippen LogP contribution in [0.25, 0.3) is 0 Å². The van der Waals surface area contributed by atoms with Crippen LogP contribution < -0.4 is 0 Å². The molecular formula is C17H29ClN4O4S. The molecule has 27 heavy (non-hydrogen) atoms. The van der Waals surface area contributed by atoms with Crippen LogP contribution >= 0.6 is 12.4 Å². The molecule has 154 valence electrons. The summed E-state index contributed by atoms with van der Waals surface area (Å²) in [6.07, 6.45) is 2.46. The molecule has 1 amide bonds. The van der Waals surface area contributed by atoms with E-state index in [1.54, 1.807) is 0 Å². The number of halogens is 1. The van der Waals surface area contributed by atoms with Gasteiger partial charge in [0.25, 0.3) is 0 Å². The lowest BCUT2D eigenvalue weighted by atomic mass is 9.96. The fourth-order valence-electron chi connectivity index (χ4n) is 3.77. The summed E-state index contributed by atoms with van der Waals surface area (Å²) in [5.74, 6) is 0.982. The second-order valence-corrected chi connectivity index (χ2v) is 9.32. The average Bonchev–Trinajstić information content (AvgIpc) is 2.93. The fraction of sp³-hybridized carbons (Fsp3) is 0.765. The van der Waals surface area contributed by atoms with Crippen molar-refractivity contribution in [2.24, 2.45) is 5.92 Å². The van der Waals surface area contributed by atoms with Crippen molar-refractivity contribution in [3.8, 4) is 0 Å². The molecule has 0 bridgehead atoms. The molecule has 0 unspecified atom stereocenters. The van der Waals surface area contributed by atoms with Crippen LogP contribution in [0.1, 0.15) is 29.9 Å². The van der Waals surface area contributed by atoms with Gasteiger partial charge in [0.1, 0.15) is 5.76 Å². The molecule has 2 fully saturated rings. The lowest BCUT2D eigenvalue weighted by Gasteiger charge is -2.38. The molecule has 0 radical (unpaired) electrons. The van der Waals surface area contributed by atoms with Gasteiger partial charge in [-0.15, -0.1) is 12.4 Å². The van der Waals surface area contributed by atoms with Crippen molar-refractivity contribution in [2.45, 2.75) is 33.2 Å². The highest BCUT2D eigenvalue weighted by Gasteiger charge is 2.32. The Balaban J connectivity index is 0.00000261. The van der Waals surface area contributed by atoms with Gasteiger partial charge < -0.3 is 9.42 Å². The van der Waals surface area contributed by atoms with Crippen molar-refractivity contribution in [2.75, 3.05) is 45.5 Å². The van der Waals surface area contributed by atoms with Crippen LogP contribution in [-0.4, -0.2) is 79.1 Å². The highest BCUT2D eigenvalue weighted by atomic mass is 35.5. The quantitative estimate of drug-likeness (QED) is 0.723. The van der Waals surface area contributed by atoms with E-state index in [1.807, 2.05) is 18.7 Å². The van der Waals surface area contributed by atoms with Crippen LogP contribution in [-0.2, 0) is 21.4 Å². The van der Waals surface area contributed by atoms with E-state index in [9.17, 15) is 13.2 Å². The zero-order chi connectivity index (χ0) is 18.9. The second kappa shape index (κ2) is 8.89. The van der Waals surface area contributed by atoms with Crippen LogP contribution in [0.3, 0.4) is 0 Å². The maximum Gasteiger partial charge on any atom is 0.225 e. The molecule has 8 nitrogen and oxygen atoms in total. The Morgan fingerprint density at radius 2 is 1.70 bits per heavy atom. The largest absolute Gasteiger partial charge is 0.361 e. The number of hydrogen-bond donors (Lipinski definition) is 0. The molecule has 3 rings (SSSR count). The Morgan fingerprint density at radius 1 is 1.11 bits per heavy atom. The third-order valence-electron chi connectivity index (χ3n) is 5.52. The van der Waals surface area contributed by atoms with Gasteiger partial charge in [-0.1, -0.05) is 5.16 Å². The molecule has 3 heterocycles. The van der Waals surface area contributed by atoms with E-state index >= 15 is 0 Å². The van der Waals surface area contributed by atoms with Crippen LogP contribution in [0.15, 0.2) is 4.52 Å². The Labute approximate surface area is 167 Å². The van der Waals surface area contributed by atoms with Crippen molar-refractivity contribution in [1.29, 1.82) is 0 Å². The summed E-state index contributed by atoms with van der Waals surface area (Å²) >= 11 is 0. The van der Waals surface area contributed by atoms with Gasteiger partial charge in [0.05, 0.1) is 11.9 Å². The van der Waals surface area contributed by atoms with Crippen molar-refractivity contribution < 1.29 is 17.7 Å². The van der Waals surface area contributed by atoms with Crippen LogP contribution in [0.5, 0.6) is 0 Å². The summed E-state index contributed by atoms with van der Waals surface area (Å²) in [5, 5.41) is 4.00. The highest BCUT2D eigenvalue weighted by molar-refractivity contribution is 7.88. The summed E-state index contributed by atoms with van der Waals surface area (Å²) in [5.41, 5.74) is 2.07. The first-order valence-corrected chi connectivity index (χ1v) is 11.0. The lowest BCUT2D eigenvalue weighted by Crippen LogP contribution is -2.51. The molecule has 0 saturated carbocycles. The first-order chi connectivity index (χ1) is 12.3. The first-order valence-electron chi connectivity index (χ1n) is 9.13. The van der Waals surface area contributed by atoms with Gasteiger partial charge in [0.15, 0.2) is 0 Å². The standard InChI is InChI=1S/C17H28N4O4S.ClH/c1-13-16(14(2)25-18-13)12-19-8-10-20(11-9-19)17(22)15-4-6-21(7-5-15)26(3,23)24;/h15H,4-12H2,1-3H3;1H. The van der Waals surface area contributed by atoms with E-state index in [0.717, 1.165) is 36.7 Å². The smallest absolute Gasteiger partial charge is 0.225 e. The number of rotatable bonds is 4. The average molecular weight is 421 g/mol. The zero-order valence-electron chi connectivity index (χ0n) is 16.2. The predicted molar refractivity (Wildman–Crippen MR) is 104 cm³/mol. The number of aromatic nitrogens is 1. The van der Waals surface area contributed by atoms with Crippen molar-refractivity contribution in [3.63, 3.8) is 0 Å². The predicted octanol–water partition coefficient (Wildman–Crippen LogP) is 1.03. The minimum atomic E-state index is -3.15. The second-order valence-electron chi connectivity index (χ2n) is 7.34. The van der Waals surface area contributed by atoms with Gasteiger partial charge in [0, 0.05) is 57.3 Å². The maximum absolute atomic E-state index is 12.8. The van der Waals surface area contributed by atoms with Gasteiger partial charge in [0.2, 0.25) is 15.9 Å². The zero-order valence-corrected chi connectivity index (χ0v) is 17.8. The van der Waals surface area contributed by atoms with Crippen LogP contribution in [0, 0.1) is 19.8 Å². The van der Waals surface area contributed by atoms with Crippen molar-refractivity contribution >= 4 is 28.3 Å². The van der Waals surface area contributed by atoms with E-state index < -0.39 is 10.0 Å². The number of nitrogens with zero attached hydrogens (tertiary/aromatic N) is 4. The maximum atomic E-state index is 12.8. The molecule has 2 aliphatic heterocycles. The Morgan fingerprint density at radius 3 is 2.19 bits per heavy atom. The summed E-state index contributed by atoms with van der Waals surface area (Å²) < 4.78 is 29.9. The number of carbonyl (C=O) groups is 1. The SMILES string of the molecule is Cc1noc(C)c1CN1CCN(C(=O)C2CCN(S(C)(=O)=O)CC2)CC1.Cl. The number of hydrogen-bond acceptors (Lipinski definition) is 6. The number of carbonyl (C=O) groups excluding carboxylic acids is 1. The number of piperazine rings is 1. The molecular weight excluding hydrogens is 392 g/mol. The molecule has 0 N–H and O–H groups in total. The Hall–Kier alpha value is -1.16. The molecule has 1 aromatic heterocycles. The van der Waals surface area contributed by atoms with Crippen LogP contribution in [0.2, 0.25) is 0 Å². The minimum absolute atomic E-state index is 0. The number of amides is 1. The Kier molecular flexibility index (Phi) is 7.29. The molecule has 0 aliphatic carbocycles. The lowest BCUT2D eigenvalue weighted by molar-refractivity contribution is -0.138. The monoisotopic (exact) mass is 420 g/mol. The molecule has 2 aliphatic rings. The molecule has 1 aromatic rings. The van der Waals surface area contributed by atoms with Gasteiger partial charge >= 0.3 is 0 Å². The first kappa shape index (κ1) is 22.1. The van der Waals surface area contributed by atoms with E-state index in [0.29, 0.717) is 39.0 Å². The fourth-order valence-corrected chi connectivity index (χ4v) is 4.64. The molecule has 0 atom stereocenters. The molecule has 0 spiro atoms. The van der Waals surface area contributed by atoms with Crippen LogP contribution in [0.4, 0.5) is 0 Å². The van der Waals surface area contributed by atoms with E-state index in [2.05, 4.69) is 10.1 Å². The number of piperidine rings is 1. The normalized spacial score (nSPS) is 20.5. The van der Waals surface area contributed by atoms with E-state index in [1.165, 1.54) is 10.6 Å². The highest BCUT2D eigenvalue weighted by Crippen LogP contribution is 2.22. The summed E-state index contributed by atoms with van der Waals surface area (Å²) in [7, 11) is -3.15. The number of sulfonamides is 1. The molecule has 0 aromatic carbocycles. The third-order valence-corrected chi connectivity index (χ3v) is 6.82.